The van der Waals surface area contributed by atoms with E-state index in [2.05, 4.69) is 36.0 Å². The highest BCUT2D eigenvalue weighted by molar-refractivity contribution is 5.45. The molecule has 2 bridgehead atoms. The van der Waals surface area contributed by atoms with Gasteiger partial charge in [0, 0.05) is 18.0 Å². The van der Waals surface area contributed by atoms with Gasteiger partial charge in [0.2, 0.25) is 0 Å². The summed E-state index contributed by atoms with van der Waals surface area (Å²) in [6.07, 6.45) is 3.64. The lowest BCUT2D eigenvalue weighted by molar-refractivity contribution is -0.0208. The maximum atomic E-state index is 9.96. The summed E-state index contributed by atoms with van der Waals surface area (Å²) in [6.45, 7) is 3.58. The summed E-state index contributed by atoms with van der Waals surface area (Å²) < 4.78 is 0. The van der Waals surface area contributed by atoms with Crippen LogP contribution in [-0.4, -0.2) is 54.7 Å². The highest BCUT2D eigenvalue weighted by Gasteiger charge is 2.54. The van der Waals surface area contributed by atoms with Crippen LogP contribution in [0.5, 0.6) is 5.75 Å². The highest BCUT2D eigenvalue weighted by Crippen LogP contribution is 2.53. The first-order valence-corrected chi connectivity index (χ1v) is 7.81. The SMILES string of the molecule is CN1CC[C@]23CCN(C)[C@H](Cc4ccc(O)cc42)[C@@H]3C1. The first-order chi connectivity index (χ1) is 9.60. The number of fused-ring (bicyclic) bond motifs is 1. The normalized spacial score (nSPS) is 37.3. The molecule has 108 valence electrons. The van der Waals surface area contributed by atoms with Crippen molar-refractivity contribution in [2.45, 2.75) is 30.7 Å². The number of nitrogens with zero attached hydrogens (tertiary/aromatic N) is 2. The minimum absolute atomic E-state index is 0.315. The molecule has 3 nitrogen and oxygen atoms in total. The third-order valence-corrected chi connectivity index (χ3v) is 6.16. The molecule has 0 radical (unpaired) electrons. The Bertz CT molecular complexity index is 540. The van der Waals surface area contributed by atoms with Crippen LogP contribution in [0.15, 0.2) is 18.2 Å². The van der Waals surface area contributed by atoms with Crippen molar-refractivity contribution in [3.63, 3.8) is 0 Å². The van der Waals surface area contributed by atoms with Crippen molar-refractivity contribution < 1.29 is 5.11 Å². The van der Waals surface area contributed by atoms with Gasteiger partial charge in [-0.1, -0.05) is 6.07 Å². The Morgan fingerprint density at radius 1 is 1.20 bits per heavy atom. The Kier molecular flexibility index (Phi) is 2.67. The summed E-state index contributed by atoms with van der Waals surface area (Å²) >= 11 is 0. The number of benzene rings is 1. The second kappa shape index (κ2) is 4.22. The zero-order valence-electron chi connectivity index (χ0n) is 12.5. The predicted octanol–water partition coefficient (Wildman–Crippen LogP) is 1.84. The number of hydrogen-bond donors (Lipinski definition) is 1. The Hall–Kier alpha value is -1.06. The van der Waals surface area contributed by atoms with Crippen molar-refractivity contribution in [1.82, 2.24) is 9.80 Å². The molecule has 1 aliphatic carbocycles. The molecule has 0 amide bonds. The summed E-state index contributed by atoms with van der Waals surface area (Å²) in [5.74, 6) is 1.16. The molecule has 0 saturated carbocycles. The van der Waals surface area contributed by atoms with Gasteiger partial charge in [-0.3, -0.25) is 0 Å². The zero-order chi connectivity index (χ0) is 13.9. The third-order valence-electron chi connectivity index (χ3n) is 6.16. The molecule has 3 heteroatoms. The van der Waals surface area contributed by atoms with Gasteiger partial charge in [-0.15, -0.1) is 0 Å². The first kappa shape index (κ1) is 12.7. The molecule has 2 fully saturated rings. The molecule has 0 spiro atoms. The van der Waals surface area contributed by atoms with E-state index >= 15 is 0 Å². The van der Waals surface area contributed by atoms with Crippen LogP contribution in [0.25, 0.3) is 0 Å². The average molecular weight is 272 g/mol. The molecule has 1 aromatic rings. The molecule has 1 aromatic carbocycles. The van der Waals surface area contributed by atoms with Crippen LogP contribution >= 0.6 is 0 Å². The summed E-state index contributed by atoms with van der Waals surface area (Å²) in [7, 11) is 4.54. The predicted molar refractivity (Wildman–Crippen MR) is 80.1 cm³/mol. The fraction of sp³-hybridized carbons (Fsp3) is 0.647. The topological polar surface area (TPSA) is 26.7 Å². The number of piperidine rings is 2. The standard InChI is InChI=1S/C17H24N2O/c1-18-7-5-17-6-8-19(2)16(15(17)11-18)9-12-3-4-13(20)10-14(12)17/h3-4,10,15-16,20H,5-9,11H2,1-2H3/t15-,16+,17-/m0/s1. The van der Waals surface area contributed by atoms with E-state index in [9.17, 15) is 5.11 Å². The molecule has 2 saturated heterocycles. The van der Waals surface area contributed by atoms with Gasteiger partial charge in [0.25, 0.3) is 0 Å². The second-order valence-corrected chi connectivity index (χ2v) is 7.12. The van der Waals surface area contributed by atoms with E-state index < -0.39 is 0 Å². The maximum absolute atomic E-state index is 9.96. The Morgan fingerprint density at radius 3 is 2.85 bits per heavy atom. The number of likely N-dealkylation sites (tertiary alicyclic amines) is 2. The first-order valence-electron chi connectivity index (χ1n) is 7.81. The average Bonchev–Trinajstić information content (AvgIpc) is 2.43. The minimum atomic E-state index is 0.315. The van der Waals surface area contributed by atoms with Crippen LogP contribution in [0.2, 0.25) is 0 Å². The van der Waals surface area contributed by atoms with Crippen molar-refractivity contribution in [2.75, 3.05) is 33.7 Å². The summed E-state index contributed by atoms with van der Waals surface area (Å²) in [5, 5.41) is 9.96. The van der Waals surface area contributed by atoms with Gasteiger partial charge in [-0.05, 0) is 75.6 Å². The molecule has 0 unspecified atom stereocenters. The van der Waals surface area contributed by atoms with E-state index in [1.807, 2.05) is 6.07 Å². The Labute approximate surface area is 121 Å². The molecular formula is C17H24N2O. The third kappa shape index (κ3) is 1.60. The number of likely N-dealkylation sites (N-methyl/N-ethyl adjacent to an activating group) is 1. The van der Waals surface area contributed by atoms with Crippen molar-refractivity contribution in [2.24, 2.45) is 5.92 Å². The summed E-state index contributed by atoms with van der Waals surface area (Å²) in [5.41, 5.74) is 3.25. The highest BCUT2D eigenvalue weighted by atomic mass is 16.3. The van der Waals surface area contributed by atoms with Crippen LogP contribution < -0.4 is 0 Å². The van der Waals surface area contributed by atoms with Crippen molar-refractivity contribution in [3.05, 3.63) is 29.3 Å². The Balaban J connectivity index is 1.88. The van der Waals surface area contributed by atoms with Gasteiger partial charge in [0.1, 0.15) is 5.75 Å². The lowest BCUT2D eigenvalue weighted by Crippen LogP contribution is -2.64. The molecule has 0 aromatic heterocycles. The van der Waals surface area contributed by atoms with Crippen LogP contribution in [0, 0.1) is 5.92 Å². The molecule has 2 aliphatic heterocycles. The number of rotatable bonds is 0. The number of phenolic OH excluding ortho intramolecular Hbond substituents is 1. The summed E-state index contributed by atoms with van der Waals surface area (Å²) in [6, 6.07) is 6.76. The van der Waals surface area contributed by atoms with Crippen molar-refractivity contribution in [1.29, 1.82) is 0 Å². The van der Waals surface area contributed by atoms with Gasteiger partial charge in [-0.2, -0.15) is 0 Å². The largest absolute Gasteiger partial charge is 0.508 e. The van der Waals surface area contributed by atoms with Crippen molar-refractivity contribution in [3.8, 4) is 5.75 Å². The van der Waals surface area contributed by atoms with Crippen LogP contribution in [0.1, 0.15) is 24.0 Å². The van der Waals surface area contributed by atoms with Gasteiger partial charge in [0.15, 0.2) is 0 Å². The number of aromatic hydroxyl groups is 1. The number of phenols is 1. The lowest BCUT2D eigenvalue weighted by atomic mass is 9.54. The monoisotopic (exact) mass is 272 g/mol. The van der Waals surface area contributed by atoms with E-state index in [0.717, 1.165) is 6.42 Å². The van der Waals surface area contributed by atoms with E-state index in [4.69, 9.17) is 0 Å². The van der Waals surface area contributed by atoms with Gasteiger partial charge < -0.3 is 14.9 Å². The maximum Gasteiger partial charge on any atom is 0.115 e. The molecular weight excluding hydrogens is 248 g/mol. The molecule has 4 rings (SSSR count). The van der Waals surface area contributed by atoms with Crippen LogP contribution in [-0.2, 0) is 11.8 Å². The second-order valence-electron chi connectivity index (χ2n) is 7.12. The fourth-order valence-corrected chi connectivity index (χ4v) is 5.03. The van der Waals surface area contributed by atoms with Gasteiger partial charge in [-0.25, -0.2) is 0 Å². The quantitative estimate of drug-likeness (QED) is 0.781. The number of hydrogen-bond acceptors (Lipinski definition) is 3. The van der Waals surface area contributed by atoms with Crippen LogP contribution in [0.3, 0.4) is 0 Å². The lowest BCUT2D eigenvalue weighted by Gasteiger charge is -2.59. The molecule has 1 N–H and O–H groups in total. The fourth-order valence-electron chi connectivity index (χ4n) is 5.03. The molecule has 3 aliphatic rings. The summed E-state index contributed by atoms with van der Waals surface area (Å²) in [4.78, 5) is 5.06. The molecule has 2 heterocycles. The molecule has 20 heavy (non-hydrogen) atoms. The Morgan fingerprint density at radius 2 is 2.00 bits per heavy atom. The zero-order valence-corrected chi connectivity index (χ0v) is 12.5. The van der Waals surface area contributed by atoms with E-state index in [1.54, 1.807) is 0 Å². The van der Waals surface area contributed by atoms with E-state index in [0.29, 0.717) is 23.1 Å². The van der Waals surface area contributed by atoms with Gasteiger partial charge >= 0.3 is 0 Å². The van der Waals surface area contributed by atoms with E-state index in [-0.39, 0.29) is 0 Å². The van der Waals surface area contributed by atoms with Crippen molar-refractivity contribution >= 4 is 0 Å². The van der Waals surface area contributed by atoms with E-state index in [1.165, 1.54) is 43.6 Å². The molecule has 3 atom stereocenters. The smallest absolute Gasteiger partial charge is 0.115 e. The van der Waals surface area contributed by atoms with Crippen LogP contribution in [0.4, 0.5) is 0 Å². The van der Waals surface area contributed by atoms with Gasteiger partial charge in [0.05, 0.1) is 0 Å². The minimum Gasteiger partial charge on any atom is -0.508 e.